The fraction of sp³-hybridized carbons (Fsp3) is 0.429. The van der Waals surface area contributed by atoms with Gasteiger partial charge in [0, 0.05) is 20.5 Å². The summed E-state index contributed by atoms with van der Waals surface area (Å²) in [7, 11) is 4.85. The molecule has 0 spiro atoms. The number of methoxy groups -OCH3 is 1. The Morgan fingerprint density at radius 2 is 2.00 bits per heavy atom. The molecule has 0 atom stereocenters. The largest absolute Gasteiger partial charge is 0.495 e. The summed E-state index contributed by atoms with van der Waals surface area (Å²) in [6.45, 7) is 0.176. The lowest BCUT2D eigenvalue weighted by Crippen LogP contribution is -2.21. The zero-order valence-electron chi connectivity index (χ0n) is 12.0. The second-order valence-electron chi connectivity index (χ2n) is 4.45. The summed E-state index contributed by atoms with van der Waals surface area (Å²) in [6.07, 6.45) is 0.820. The average molecular weight is 280 g/mol. The number of nitrogens with zero attached hydrogens (tertiary/aromatic N) is 1. The number of rotatable bonds is 6. The number of para-hydroxylation sites is 1. The molecule has 0 unspecified atom stereocenters. The van der Waals surface area contributed by atoms with Crippen LogP contribution < -0.4 is 10.5 Å². The van der Waals surface area contributed by atoms with E-state index in [4.69, 9.17) is 15.2 Å². The molecular formula is C14H20N2O4. The molecule has 0 heterocycles. The van der Waals surface area contributed by atoms with Crippen LogP contribution >= 0.6 is 0 Å². The highest BCUT2D eigenvalue weighted by Crippen LogP contribution is 2.25. The van der Waals surface area contributed by atoms with Gasteiger partial charge in [0.25, 0.3) is 0 Å². The highest BCUT2D eigenvalue weighted by atomic mass is 16.5. The molecule has 2 N–H and O–H groups in total. The molecule has 1 amide bonds. The van der Waals surface area contributed by atoms with E-state index < -0.39 is 5.97 Å². The third-order valence-corrected chi connectivity index (χ3v) is 2.77. The van der Waals surface area contributed by atoms with Gasteiger partial charge in [-0.1, -0.05) is 6.07 Å². The molecule has 0 aliphatic rings. The minimum atomic E-state index is -0.515. The molecule has 6 heteroatoms. The summed E-state index contributed by atoms with van der Waals surface area (Å²) in [5.41, 5.74) is 6.32. The molecule has 0 aliphatic heterocycles. The molecule has 20 heavy (non-hydrogen) atoms. The van der Waals surface area contributed by atoms with Crippen molar-refractivity contribution in [3.05, 3.63) is 23.8 Å². The molecule has 0 aliphatic carbocycles. The highest BCUT2D eigenvalue weighted by Gasteiger charge is 2.14. The Kier molecular flexibility index (Phi) is 5.83. The minimum Gasteiger partial charge on any atom is -0.495 e. The maximum atomic E-state index is 11.9. The van der Waals surface area contributed by atoms with Gasteiger partial charge < -0.3 is 20.1 Å². The van der Waals surface area contributed by atoms with E-state index >= 15 is 0 Å². The van der Waals surface area contributed by atoms with Crippen LogP contribution in [0.4, 0.5) is 5.69 Å². The molecule has 0 aromatic heterocycles. The number of esters is 1. The molecule has 1 rings (SSSR count). The van der Waals surface area contributed by atoms with E-state index in [1.165, 1.54) is 12.0 Å². The number of hydrogen-bond donors (Lipinski definition) is 1. The van der Waals surface area contributed by atoms with Crippen LogP contribution in [0.25, 0.3) is 0 Å². The normalized spacial score (nSPS) is 9.95. The van der Waals surface area contributed by atoms with Crippen molar-refractivity contribution in [3.8, 4) is 5.75 Å². The molecule has 6 nitrogen and oxygen atoms in total. The fourth-order valence-electron chi connectivity index (χ4n) is 1.59. The number of nitrogen functional groups attached to an aromatic ring is 1. The zero-order chi connectivity index (χ0) is 15.1. The lowest BCUT2D eigenvalue weighted by atomic mass is 10.1. The highest BCUT2D eigenvalue weighted by molar-refractivity contribution is 5.96. The van der Waals surface area contributed by atoms with Gasteiger partial charge in [-0.25, -0.2) is 4.79 Å². The number of amides is 1. The van der Waals surface area contributed by atoms with Crippen molar-refractivity contribution in [2.75, 3.05) is 33.5 Å². The topological polar surface area (TPSA) is 81.9 Å². The van der Waals surface area contributed by atoms with Crippen molar-refractivity contribution in [1.82, 2.24) is 4.90 Å². The van der Waals surface area contributed by atoms with Gasteiger partial charge in [0.15, 0.2) is 0 Å². The van der Waals surface area contributed by atoms with E-state index in [0.29, 0.717) is 18.6 Å². The first-order valence-corrected chi connectivity index (χ1v) is 6.27. The second-order valence-corrected chi connectivity index (χ2v) is 4.45. The first-order valence-electron chi connectivity index (χ1n) is 6.27. The van der Waals surface area contributed by atoms with Crippen molar-refractivity contribution < 1.29 is 19.1 Å². The Labute approximate surface area is 118 Å². The lowest BCUT2D eigenvalue weighted by molar-refractivity contribution is -0.128. The van der Waals surface area contributed by atoms with Crippen molar-refractivity contribution in [3.63, 3.8) is 0 Å². The van der Waals surface area contributed by atoms with Crippen molar-refractivity contribution in [1.29, 1.82) is 0 Å². The van der Waals surface area contributed by atoms with Crippen LogP contribution in [-0.2, 0) is 9.53 Å². The quantitative estimate of drug-likeness (QED) is 0.482. The molecule has 0 radical (unpaired) electrons. The second kappa shape index (κ2) is 7.37. The number of benzene rings is 1. The van der Waals surface area contributed by atoms with Gasteiger partial charge in [-0.05, 0) is 18.6 Å². The van der Waals surface area contributed by atoms with E-state index in [9.17, 15) is 9.59 Å². The van der Waals surface area contributed by atoms with Gasteiger partial charge >= 0.3 is 5.97 Å². The number of carbonyl (C=O) groups excluding carboxylic acids is 2. The van der Waals surface area contributed by atoms with Crippen molar-refractivity contribution in [2.24, 2.45) is 0 Å². The van der Waals surface area contributed by atoms with Crippen LogP contribution in [0.5, 0.6) is 5.75 Å². The zero-order valence-corrected chi connectivity index (χ0v) is 12.0. The molecule has 0 saturated heterocycles. The Balaban J connectivity index is 2.50. The maximum Gasteiger partial charge on any atom is 0.340 e. The summed E-state index contributed by atoms with van der Waals surface area (Å²) < 4.78 is 10.1. The smallest absolute Gasteiger partial charge is 0.340 e. The summed E-state index contributed by atoms with van der Waals surface area (Å²) in [4.78, 5) is 24.7. The van der Waals surface area contributed by atoms with Crippen molar-refractivity contribution >= 4 is 17.6 Å². The minimum absolute atomic E-state index is 0.00180. The van der Waals surface area contributed by atoms with Crippen LogP contribution in [0.2, 0.25) is 0 Å². The van der Waals surface area contributed by atoms with Gasteiger partial charge in [0.05, 0.1) is 25.0 Å². The Bertz CT molecular complexity index is 486. The van der Waals surface area contributed by atoms with Gasteiger partial charge in [0.1, 0.15) is 5.75 Å². The third-order valence-electron chi connectivity index (χ3n) is 2.77. The molecule has 110 valence electrons. The first-order chi connectivity index (χ1) is 9.47. The first kappa shape index (κ1) is 15.8. The van der Waals surface area contributed by atoms with Gasteiger partial charge in [-0.15, -0.1) is 0 Å². The predicted octanol–water partition coefficient (Wildman–Crippen LogP) is 1.30. The monoisotopic (exact) mass is 280 g/mol. The summed E-state index contributed by atoms with van der Waals surface area (Å²) in [6, 6.07) is 4.91. The van der Waals surface area contributed by atoms with Crippen LogP contribution in [0.3, 0.4) is 0 Å². The number of anilines is 1. The molecule has 1 aromatic rings. The summed E-state index contributed by atoms with van der Waals surface area (Å²) >= 11 is 0. The van der Waals surface area contributed by atoms with Crippen LogP contribution in [-0.4, -0.2) is 44.6 Å². The van der Waals surface area contributed by atoms with E-state index in [1.807, 2.05) is 0 Å². The average Bonchev–Trinajstić information content (AvgIpc) is 2.43. The van der Waals surface area contributed by atoms with Crippen molar-refractivity contribution in [2.45, 2.75) is 12.8 Å². The molecular weight excluding hydrogens is 260 g/mol. The van der Waals surface area contributed by atoms with Gasteiger partial charge in [-0.2, -0.15) is 0 Å². The van der Waals surface area contributed by atoms with E-state index in [2.05, 4.69) is 0 Å². The number of carbonyl (C=O) groups is 2. The van der Waals surface area contributed by atoms with Crippen LogP contribution in [0.1, 0.15) is 23.2 Å². The maximum absolute atomic E-state index is 11.9. The Hall–Kier alpha value is -2.24. The SMILES string of the molecule is COc1cccc(C(=O)OCCCC(=O)N(C)C)c1N. The molecule has 1 aromatic carbocycles. The van der Waals surface area contributed by atoms with Gasteiger partial charge in [-0.3, -0.25) is 4.79 Å². The number of nitrogens with two attached hydrogens (primary N) is 1. The van der Waals surface area contributed by atoms with E-state index in [-0.39, 0.29) is 23.8 Å². The molecule has 0 bridgehead atoms. The number of ether oxygens (including phenoxy) is 2. The fourth-order valence-corrected chi connectivity index (χ4v) is 1.59. The molecule has 0 fully saturated rings. The lowest BCUT2D eigenvalue weighted by Gasteiger charge is -2.11. The van der Waals surface area contributed by atoms with Crippen LogP contribution in [0.15, 0.2) is 18.2 Å². The summed E-state index contributed by atoms with van der Waals surface area (Å²) in [5.74, 6) is -0.0807. The van der Waals surface area contributed by atoms with Crippen LogP contribution in [0, 0.1) is 0 Å². The standard InChI is InChI=1S/C14H20N2O4/c1-16(2)12(17)8-5-9-20-14(18)10-6-4-7-11(19-3)13(10)15/h4,6-7H,5,8-9,15H2,1-3H3. The third kappa shape index (κ3) is 4.15. The summed E-state index contributed by atoms with van der Waals surface area (Å²) in [5, 5.41) is 0. The Morgan fingerprint density at radius 1 is 1.30 bits per heavy atom. The molecule has 0 saturated carbocycles. The van der Waals surface area contributed by atoms with E-state index in [0.717, 1.165) is 0 Å². The number of hydrogen-bond acceptors (Lipinski definition) is 5. The Morgan fingerprint density at radius 3 is 2.60 bits per heavy atom. The predicted molar refractivity (Wildman–Crippen MR) is 75.6 cm³/mol. The van der Waals surface area contributed by atoms with Gasteiger partial charge in [0.2, 0.25) is 5.91 Å². The van der Waals surface area contributed by atoms with E-state index in [1.54, 1.807) is 32.3 Å².